The summed E-state index contributed by atoms with van der Waals surface area (Å²) in [4.78, 5) is 0.903. The van der Waals surface area contributed by atoms with Gasteiger partial charge in [0.05, 0.1) is 0 Å². The summed E-state index contributed by atoms with van der Waals surface area (Å²) in [5.74, 6) is 0. The van der Waals surface area contributed by atoms with Gasteiger partial charge in [0.25, 0.3) is 0 Å². The number of aliphatic hydroxyl groups is 1. The molecular weight excluding hydrogens is 172 g/mol. The molecule has 1 aromatic rings. The van der Waals surface area contributed by atoms with Crippen LogP contribution in [0.2, 0.25) is 0 Å². The molecule has 0 radical (unpaired) electrons. The lowest BCUT2D eigenvalue weighted by Crippen LogP contribution is -1.86. The maximum Gasteiger partial charge on any atom is 0.0498 e. The Balaban J connectivity index is 0.000000561. The van der Waals surface area contributed by atoms with Crippen molar-refractivity contribution in [1.82, 2.24) is 0 Å². The van der Waals surface area contributed by atoms with Gasteiger partial charge in [-0.2, -0.15) is 0 Å². The summed E-state index contributed by atoms with van der Waals surface area (Å²) >= 11 is 0. The molecule has 0 aliphatic heterocycles. The van der Waals surface area contributed by atoms with Crippen LogP contribution in [-0.4, -0.2) is 22.7 Å². The van der Waals surface area contributed by atoms with Crippen LogP contribution in [0.25, 0.3) is 0 Å². The highest BCUT2D eigenvalue weighted by atomic mass is 32.2. The molecule has 0 spiro atoms. The van der Waals surface area contributed by atoms with Gasteiger partial charge in [0.2, 0.25) is 0 Å². The van der Waals surface area contributed by atoms with E-state index in [0.29, 0.717) is 0 Å². The molecule has 0 aliphatic rings. The van der Waals surface area contributed by atoms with Gasteiger partial charge >= 0.3 is 0 Å². The monoisotopic (exact) mass is 186 g/mol. The summed E-state index contributed by atoms with van der Waals surface area (Å²) in [5, 5.41) is 7.00. The van der Waals surface area contributed by atoms with E-state index in [-0.39, 0.29) is 0 Å². The highest BCUT2D eigenvalue weighted by molar-refractivity contribution is 7.84. The van der Waals surface area contributed by atoms with E-state index in [4.69, 9.17) is 5.11 Å². The minimum atomic E-state index is -0.839. The lowest BCUT2D eigenvalue weighted by molar-refractivity contribution is 0.399. The fraction of sp³-hybridized carbons (Fsp3) is 0.333. The van der Waals surface area contributed by atoms with Gasteiger partial charge in [-0.25, -0.2) is 0 Å². The van der Waals surface area contributed by atoms with Crippen LogP contribution in [0.5, 0.6) is 0 Å². The highest BCUT2D eigenvalue weighted by Crippen LogP contribution is 2.06. The average Bonchev–Trinajstić information content (AvgIpc) is 2.08. The van der Waals surface area contributed by atoms with Crippen LogP contribution in [-0.2, 0) is 10.8 Å². The molecule has 1 atom stereocenters. The molecule has 0 aliphatic carbocycles. The second-order valence-corrected chi connectivity index (χ2v) is 3.65. The Hall–Kier alpha value is -0.670. The molecule has 1 unspecified atom stereocenters. The van der Waals surface area contributed by atoms with E-state index >= 15 is 0 Å². The zero-order chi connectivity index (χ0) is 9.56. The van der Waals surface area contributed by atoms with Crippen LogP contribution in [0, 0.1) is 6.92 Å². The third-order valence-corrected chi connectivity index (χ3v) is 2.24. The van der Waals surface area contributed by atoms with Crippen LogP contribution >= 0.6 is 0 Å². The number of aliphatic hydroxyl groups excluding tert-OH is 1. The van der Waals surface area contributed by atoms with Gasteiger partial charge in [-0.1, -0.05) is 12.1 Å². The first kappa shape index (κ1) is 11.3. The molecule has 0 saturated heterocycles. The highest BCUT2D eigenvalue weighted by Gasteiger charge is 1.94. The van der Waals surface area contributed by atoms with Crippen LogP contribution in [0.4, 0.5) is 0 Å². The van der Waals surface area contributed by atoms with Gasteiger partial charge in [0, 0.05) is 29.1 Å². The van der Waals surface area contributed by atoms with Crippen molar-refractivity contribution < 1.29 is 9.32 Å². The topological polar surface area (TPSA) is 37.3 Å². The van der Waals surface area contributed by atoms with Crippen molar-refractivity contribution in [1.29, 1.82) is 0 Å². The van der Waals surface area contributed by atoms with Gasteiger partial charge in [0.1, 0.15) is 0 Å². The molecule has 0 bridgehead atoms. The molecule has 0 amide bonds. The van der Waals surface area contributed by atoms with E-state index < -0.39 is 10.8 Å². The Morgan fingerprint density at radius 2 is 1.92 bits per heavy atom. The average molecular weight is 186 g/mol. The molecule has 0 aromatic heterocycles. The van der Waals surface area contributed by atoms with E-state index in [1.807, 2.05) is 31.2 Å². The van der Waals surface area contributed by atoms with Crippen molar-refractivity contribution >= 4 is 10.8 Å². The first-order valence-electron chi connectivity index (χ1n) is 3.55. The van der Waals surface area contributed by atoms with Crippen LogP contribution in [0.3, 0.4) is 0 Å². The van der Waals surface area contributed by atoms with E-state index in [2.05, 4.69) is 0 Å². The normalized spacial score (nSPS) is 11.3. The molecule has 2 nitrogen and oxygen atoms in total. The lowest BCUT2D eigenvalue weighted by atomic mass is 10.2. The van der Waals surface area contributed by atoms with Crippen molar-refractivity contribution in [2.24, 2.45) is 0 Å². The molecule has 1 N–H and O–H groups in total. The predicted molar refractivity (Wildman–Crippen MR) is 51.7 cm³/mol. The molecule has 1 aromatic carbocycles. The lowest BCUT2D eigenvalue weighted by Gasteiger charge is -1.95. The molecule has 0 saturated carbocycles. The number of benzene rings is 1. The Morgan fingerprint density at radius 3 is 2.25 bits per heavy atom. The quantitative estimate of drug-likeness (QED) is 0.718. The minimum absolute atomic E-state index is 0.839. The summed E-state index contributed by atoms with van der Waals surface area (Å²) in [6, 6.07) is 7.74. The summed E-state index contributed by atoms with van der Waals surface area (Å²) in [6.45, 7) is 2.00. The van der Waals surface area contributed by atoms with Crippen LogP contribution < -0.4 is 0 Å². The standard InChI is InChI=1S/C8H10OS.CH4O/c1-7-4-3-5-8(6-7)10(2)9;1-2/h3-6H,1-2H3;2H,1H3. The molecule has 68 valence electrons. The Labute approximate surface area is 75.7 Å². The fourth-order valence-corrected chi connectivity index (χ4v) is 1.42. The Morgan fingerprint density at radius 1 is 1.33 bits per heavy atom. The maximum atomic E-state index is 10.9. The first-order valence-corrected chi connectivity index (χ1v) is 5.11. The van der Waals surface area contributed by atoms with Crippen molar-refractivity contribution in [2.75, 3.05) is 13.4 Å². The van der Waals surface area contributed by atoms with E-state index in [0.717, 1.165) is 17.6 Å². The number of aryl methyl sites for hydroxylation is 1. The van der Waals surface area contributed by atoms with E-state index in [9.17, 15) is 4.21 Å². The van der Waals surface area contributed by atoms with E-state index in [1.165, 1.54) is 0 Å². The summed E-state index contributed by atoms with van der Waals surface area (Å²) < 4.78 is 10.9. The number of hydrogen-bond acceptors (Lipinski definition) is 2. The second kappa shape index (κ2) is 5.91. The van der Waals surface area contributed by atoms with E-state index in [1.54, 1.807) is 6.26 Å². The SMILES string of the molecule is CO.Cc1cccc(S(C)=O)c1. The molecular formula is C9H14O2S. The summed E-state index contributed by atoms with van der Waals surface area (Å²) in [7, 11) is 0.161. The third kappa shape index (κ3) is 3.64. The van der Waals surface area contributed by atoms with Crippen molar-refractivity contribution in [2.45, 2.75) is 11.8 Å². The number of rotatable bonds is 1. The van der Waals surface area contributed by atoms with Gasteiger partial charge in [0.15, 0.2) is 0 Å². The van der Waals surface area contributed by atoms with Crippen molar-refractivity contribution in [3.05, 3.63) is 29.8 Å². The molecule has 1 rings (SSSR count). The molecule has 0 fully saturated rings. The van der Waals surface area contributed by atoms with Gasteiger partial charge in [-0.15, -0.1) is 0 Å². The predicted octanol–water partition coefficient (Wildman–Crippen LogP) is 1.34. The minimum Gasteiger partial charge on any atom is -0.400 e. The fourth-order valence-electron chi connectivity index (χ4n) is 0.794. The summed E-state index contributed by atoms with van der Waals surface area (Å²) in [5.41, 5.74) is 1.16. The van der Waals surface area contributed by atoms with Gasteiger partial charge in [-0.3, -0.25) is 4.21 Å². The zero-order valence-corrected chi connectivity index (χ0v) is 8.39. The summed E-state index contributed by atoms with van der Waals surface area (Å²) in [6.07, 6.45) is 1.69. The van der Waals surface area contributed by atoms with Gasteiger partial charge < -0.3 is 5.11 Å². The third-order valence-electron chi connectivity index (χ3n) is 1.32. The first-order chi connectivity index (χ1) is 5.70. The van der Waals surface area contributed by atoms with Crippen LogP contribution in [0.15, 0.2) is 29.2 Å². The number of hydrogen-bond donors (Lipinski definition) is 1. The molecule has 3 heteroatoms. The smallest absolute Gasteiger partial charge is 0.0498 e. The van der Waals surface area contributed by atoms with Gasteiger partial charge in [-0.05, 0) is 24.6 Å². The molecule has 12 heavy (non-hydrogen) atoms. The second-order valence-electron chi connectivity index (χ2n) is 2.27. The van der Waals surface area contributed by atoms with Crippen molar-refractivity contribution in [3.63, 3.8) is 0 Å². The molecule has 0 heterocycles. The van der Waals surface area contributed by atoms with Crippen molar-refractivity contribution in [3.8, 4) is 0 Å². The zero-order valence-electron chi connectivity index (χ0n) is 7.57. The van der Waals surface area contributed by atoms with Crippen LogP contribution in [0.1, 0.15) is 5.56 Å². The Kier molecular flexibility index (Phi) is 5.58. The largest absolute Gasteiger partial charge is 0.400 e. The maximum absolute atomic E-state index is 10.9. The Bertz CT molecular complexity index is 258.